The fourth-order valence-electron chi connectivity index (χ4n) is 1.68. The Kier molecular flexibility index (Phi) is 5.35. The van der Waals surface area contributed by atoms with Crippen LogP contribution in [0.25, 0.3) is 0 Å². The van der Waals surface area contributed by atoms with E-state index in [1.807, 2.05) is 7.05 Å². The van der Waals surface area contributed by atoms with E-state index >= 15 is 0 Å². The molecule has 0 aromatic carbocycles. The first kappa shape index (κ1) is 14.9. The number of aliphatic hydroxyl groups excluding tert-OH is 1. The molecule has 2 rings (SSSR count). The van der Waals surface area contributed by atoms with E-state index in [0.29, 0.717) is 6.61 Å². The van der Waals surface area contributed by atoms with Crippen molar-refractivity contribution in [2.75, 3.05) is 19.1 Å². The van der Waals surface area contributed by atoms with Crippen LogP contribution in [0.2, 0.25) is 0 Å². The lowest BCUT2D eigenvalue weighted by Crippen LogP contribution is -2.15. The van der Waals surface area contributed by atoms with E-state index in [9.17, 15) is 5.11 Å². The first-order chi connectivity index (χ1) is 9.13. The molecule has 0 aliphatic rings. The van der Waals surface area contributed by atoms with E-state index in [4.69, 9.17) is 4.74 Å². The minimum atomic E-state index is 0.00813. The molecule has 0 spiro atoms. The lowest BCUT2D eigenvalue weighted by Gasteiger charge is -2.14. The minimum absolute atomic E-state index is 0.00813. The number of rotatable bonds is 6. The van der Waals surface area contributed by atoms with Gasteiger partial charge in [-0.2, -0.15) is 0 Å². The number of thiazole rings is 1. The summed E-state index contributed by atoms with van der Waals surface area (Å²) in [5, 5.41) is 12.3. The summed E-state index contributed by atoms with van der Waals surface area (Å²) in [6, 6.07) is 2.11. The van der Waals surface area contributed by atoms with Gasteiger partial charge in [0.1, 0.15) is 0 Å². The average molecular weight is 363 g/mol. The SMILES string of the molecule is COCc1nc(N(C)Cc2csc(Br)c2)sc1CO. The van der Waals surface area contributed by atoms with Crippen LogP contribution in [0.15, 0.2) is 15.2 Å². The number of nitrogens with zero attached hydrogens (tertiary/aromatic N) is 2. The zero-order chi connectivity index (χ0) is 13.8. The average Bonchev–Trinajstić information content (AvgIpc) is 2.96. The molecule has 0 fully saturated rings. The lowest BCUT2D eigenvalue weighted by atomic mass is 10.3. The summed E-state index contributed by atoms with van der Waals surface area (Å²) in [6.45, 7) is 1.24. The maximum Gasteiger partial charge on any atom is 0.185 e. The standard InChI is InChI=1S/C12H15BrN2O2S2/c1-15(4-8-3-11(13)18-7-8)12-14-9(6-17-2)10(5-16)19-12/h3,7,16H,4-6H2,1-2H3. The zero-order valence-electron chi connectivity index (χ0n) is 10.7. The molecule has 4 nitrogen and oxygen atoms in total. The van der Waals surface area contributed by atoms with Crippen molar-refractivity contribution in [1.29, 1.82) is 0 Å². The Balaban J connectivity index is 2.12. The molecule has 0 saturated heterocycles. The predicted molar refractivity (Wildman–Crippen MR) is 82.9 cm³/mol. The third-order valence-corrected chi connectivity index (χ3v) is 5.31. The Morgan fingerprint density at radius 3 is 2.89 bits per heavy atom. The lowest BCUT2D eigenvalue weighted by molar-refractivity contribution is 0.179. The molecule has 0 radical (unpaired) electrons. The molecule has 7 heteroatoms. The monoisotopic (exact) mass is 362 g/mol. The first-order valence-corrected chi connectivity index (χ1v) is 8.15. The Morgan fingerprint density at radius 1 is 1.53 bits per heavy atom. The van der Waals surface area contributed by atoms with Crippen LogP contribution in [0.5, 0.6) is 0 Å². The van der Waals surface area contributed by atoms with Gasteiger partial charge in [0, 0.05) is 20.7 Å². The highest BCUT2D eigenvalue weighted by atomic mass is 79.9. The van der Waals surface area contributed by atoms with E-state index in [-0.39, 0.29) is 6.61 Å². The minimum Gasteiger partial charge on any atom is -0.391 e. The second-order valence-corrected chi connectivity index (χ2v) is 7.43. The van der Waals surface area contributed by atoms with Crippen LogP contribution in [0.4, 0.5) is 5.13 Å². The van der Waals surface area contributed by atoms with Crippen molar-refractivity contribution in [3.63, 3.8) is 0 Å². The summed E-state index contributed by atoms with van der Waals surface area (Å²) in [4.78, 5) is 7.48. The summed E-state index contributed by atoms with van der Waals surface area (Å²) in [5.41, 5.74) is 2.07. The van der Waals surface area contributed by atoms with Gasteiger partial charge in [-0.05, 0) is 32.9 Å². The molecule has 0 amide bonds. The normalized spacial score (nSPS) is 10.9. The molecule has 0 atom stereocenters. The highest BCUT2D eigenvalue weighted by Gasteiger charge is 2.14. The Bertz CT molecular complexity index is 542. The largest absolute Gasteiger partial charge is 0.391 e. The molecular formula is C12H15BrN2O2S2. The van der Waals surface area contributed by atoms with Gasteiger partial charge in [0.15, 0.2) is 5.13 Å². The van der Waals surface area contributed by atoms with E-state index in [0.717, 1.165) is 26.0 Å². The number of aromatic nitrogens is 1. The molecular weight excluding hydrogens is 348 g/mol. The summed E-state index contributed by atoms with van der Waals surface area (Å²) in [7, 11) is 3.63. The van der Waals surface area contributed by atoms with Crippen molar-refractivity contribution in [2.45, 2.75) is 19.8 Å². The van der Waals surface area contributed by atoms with E-state index in [1.165, 1.54) is 16.9 Å². The quantitative estimate of drug-likeness (QED) is 0.856. The maximum atomic E-state index is 9.33. The fraction of sp³-hybridized carbons (Fsp3) is 0.417. The summed E-state index contributed by atoms with van der Waals surface area (Å²) >= 11 is 6.65. The van der Waals surface area contributed by atoms with Gasteiger partial charge in [0.2, 0.25) is 0 Å². The van der Waals surface area contributed by atoms with E-state index < -0.39 is 0 Å². The Labute approximate surface area is 128 Å². The van der Waals surface area contributed by atoms with Gasteiger partial charge >= 0.3 is 0 Å². The fourth-order valence-corrected chi connectivity index (χ4v) is 3.76. The van der Waals surface area contributed by atoms with Crippen molar-refractivity contribution in [3.05, 3.63) is 31.4 Å². The summed E-state index contributed by atoms with van der Waals surface area (Å²) in [6.07, 6.45) is 0. The number of aliphatic hydroxyl groups is 1. The van der Waals surface area contributed by atoms with Gasteiger partial charge in [-0.1, -0.05) is 11.3 Å². The molecule has 0 unspecified atom stereocenters. The van der Waals surface area contributed by atoms with Crippen LogP contribution in [0.3, 0.4) is 0 Å². The number of anilines is 1. The molecule has 1 N–H and O–H groups in total. The molecule has 0 saturated carbocycles. The Hall–Kier alpha value is -0.470. The van der Waals surface area contributed by atoms with Crippen molar-refractivity contribution in [2.24, 2.45) is 0 Å². The molecule has 0 aliphatic heterocycles. The van der Waals surface area contributed by atoms with Gasteiger partial charge in [0.05, 0.1) is 27.6 Å². The second kappa shape index (κ2) is 6.81. The summed E-state index contributed by atoms with van der Waals surface area (Å²) in [5.74, 6) is 0. The van der Waals surface area contributed by atoms with Crippen LogP contribution in [0, 0.1) is 0 Å². The van der Waals surface area contributed by atoms with Crippen LogP contribution in [-0.4, -0.2) is 24.2 Å². The molecule has 104 valence electrons. The molecule has 2 heterocycles. The van der Waals surface area contributed by atoms with Crippen molar-refractivity contribution >= 4 is 43.7 Å². The highest BCUT2D eigenvalue weighted by molar-refractivity contribution is 9.11. The number of hydrogen-bond donors (Lipinski definition) is 1. The molecule has 0 bridgehead atoms. The number of ether oxygens (including phenoxy) is 1. The van der Waals surface area contributed by atoms with Gasteiger partial charge in [0.25, 0.3) is 0 Å². The van der Waals surface area contributed by atoms with Crippen LogP contribution in [-0.2, 0) is 24.5 Å². The third kappa shape index (κ3) is 3.76. The Morgan fingerprint density at radius 2 is 2.32 bits per heavy atom. The third-order valence-electron chi connectivity index (χ3n) is 2.56. The van der Waals surface area contributed by atoms with Gasteiger partial charge in [-0.25, -0.2) is 4.98 Å². The van der Waals surface area contributed by atoms with Crippen LogP contribution in [0.1, 0.15) is 16.1 Å². The highest BCUT2D eigenvalue weighted by Crippen LogP contribution is 2.28. The number of thiophene rings is 1. The second-order valence-electron chi connectivity index (χ2n) is 4.07. The molecule has 19 heavy (non-hydrogen) atoms. The zero-order valence-corrected chi connectivity index (χ0v) is 13.9. The van der Waals surface area contributed by atoms with Crippen LogP contribution < -0.4 is 4.90 Å². The van der Waals surface area contributed by atoms with Gasteiger partial charge in [-0.3, -0.25) is 0 Å². The van der Waals surface area contributed by atoms with Crippen LogP contribution >= 0.6 is 38.6 Å². The van der Waals surface area contributed by atoms with Crippen molar-refractivity contribution in [3.8, 4) is 0 Å². The molecule has 0 aliphatic carbocycles. The van der Waals surface area contributed by atoms with E-state index in [2.05, 4.69) is 37.3 Å². The van der Waals surface area contributed by atoms with E-state index in [1.54, 1.807) is 18.4 Å². The van der Waals surface area contributed by atoms with Crippen molar-refractivity contribution in [1.82, 2.24) is 4.98 Å². The number of hydrogen-bond acceptors (Lipinski definition) is 6. The molecule has 2 aromatic heterocycles. The first-order valence-electron chi connectivity index (χ1n) is 5.66. The predicted octanol–water partition coefficient (Wildman–Crippen LogP) is 3.24. The maximum absolute atomic E-state index is 9.33. The van der Waals surface area contributed by atoms with Crippen molar-refractivity contribution < 1.29 is 9.84 Å². The number of methoxy groups -OCH3 is 1. The van der Waals surface area contributed by atoms with Gasteiger partial charge < -0.3 is 14.7 Å². The molecule has 2 aromatic rings. The number of halogens is 1. The smallest absolute Gasteiger partial charge is 0.185 e. The topological polar surface area (TPSA) is 45.6 Å². The van der Waals surface area contributed by atoms with Gasteiger partial charge in [-0.15, -0.1) is 11.3 Å². The summed E-state index contributed by atoms with van der Waals surface area (Å²) < 4.78 is 6.23.